The molecule has 0 amide bonds. The Morgan fingerprint density at radius 3 is 2.59 bits per heavy atom. The van der Waals surface area contributed by atoms with Crippen LogP contribution in [0.2, 0.25) is 0 Å². The second kappa shape index (κ2) is 5.82. The average Bonchev–Trinajstić information content (AvgIpc) is 2.25. The van der Waals surface area contributed by atoms with Crippen molar-refractivity contribution in [1.29, 1.82) is 0 Å². The van der Waals surface area contributed by atoms with Crippen molar-refractivity contribution in [1.82, 2.24) is 4.90 Å². The van der Waals surface area contributed by atoms with Gasteiger partial charge in [0.05, 0.1) is 0 Å². The molecule has 0 fully saturated rings. The van der Waals surface area contributed by atoms with E-state index in [0.717, 1.165) is 0 Å². The van der Waals surface area contributed by atoms with Gasteiger partial charge in [-0.1, -0.05) is 25.1 Å². The second-order valence-corrected chi connectivity index (χ2v) is 4.54. The summed E-state index contributed by atoms with van der Waals surface area (Å²) in [5, 5.41) is 9.10. The smallest absolute Gasteiger partial charge is 0.320 e. The summed E-state index contributed by atoms with van der Waals surface area (Å²) in [6, 6.07) is 5.75. The fraction of sp³-hybridized carbons (Fsp3) is 0.500. The van der Waals surface area contributed by atoms with E-state index >= 15 is 0 Å². The summed E-state index contributed by atoms with van der Waals surface area (Å²) in [5.74, 6) is -0.750. The first-order chi connectivity index (χ1) is 7.97. The number of aliphatic carboxylic acids is 1. The summed E-state index contributed by atoms with van der Waals surface area (Å²) in [4.78, 5) is 13.0. The molecule has 0 aliphatic carbocycles. The molecule has 0 spiro atoms. The van der Waals surface area contributed by atoms with Gasteiger partial charge in [-0.25, -0.2) is 0 Å². The minimum atomic E-state index is -0.750. The van der Waals surface area contributed by atoms with Gasteiger partial charge in [-0.05, 0) is 44.0 Å². The van der Waals surface area contributed by atoms with Crippen molar-refractivity contribution in [2.75, 3.05) is 7.05 Å². The third-order valence-electron chi connectivity index (χ3n) is 3.34. The first-order valence-electron chi connectivity index (χ1n) is 5.95. The molecular weight excluding hydrogens is 214 g/mol. The van der Waals surface area contributed by atoms with E-state index in [2.05, 4.69) is 26.0 Å². The van der Waals surface area contributed by atoms with Crippen LogP contribution in [0.15, 0.2) is 18.2 Å². The third-order valence-corrected chi connectivity index (χ3v) is 3.34. The Balaban J connectivity index is 2.83. The molecule has 3 nitrogen and oxygen atoms in total. The van der Waals surface area contributed by atoms with Gasteiger partial charge < -0.3 is 5.11 Å². The largest absolute Gasteiger partial charge is 0.480 e. The van der Waals surface area contributed by atoms with Crippen LogP contribution in [0.3, 0.4) is 0 Å². The molecule has 0 saturated carbocycles. The quantitative estimate of drug-likeness (QED) is 0.852. The van der Waals surface area contributed by atoms with Crippen LogP contribution in [0.5, 0.6) is 0 Å². The van der Waals surface area contributed by atoms with Crippen LogP contribution in [0.25, 0.3) is 0 Å². The highest BCUT2D eigenvalue weighted by atomic mass is 16.4. The number of benzene rings is 1. The SMILES string of the molecule is CCC(C(=O)O)N(C)Cc1cccc(C)c1C. The zero-order valence-electron chi connectivity index (χ0n) is 11.0. The number of carboxylic acids is 1. The van der Waals surface area contributed by atoms with Gasteiger partial charge in [-0.15, -0.1) is 0 Å². The average molecular weight is 235 g/mol. The van der Waals surface area contributed by atoms with Crippen molar-refractivity contribution in [2.24, 2.45) is 0 Å². The highest BCUT2D eigenvalue weighted by Crippen LogP contribution is 2.16. The van der Waals surface area contributed by atoms with Crippen LogP contribution in [0.1, 0.15) is 30.0 Å². The van der Waals surface area contributed by atoms with Crippen LogP contribution in [0.4, 0.5) is 0 Å². The lowest BCUT2D eigenvalue weighted by Gasteiger charge is -2.24. The van der Waals surface area contributed by atoms with Crippen LogP contribution < -0.4 is 0 Å². The van der Waals surface area contributed by atoms with Gasteiger partial charge in [-0.3, -0.25) is 9.69 Å². The van der Waals surface area contributed by atoms with E-state index in [0.29, 0.717) is 13.0 Å². The van der Waals surface area contributed by atoms with Crippen molar-refractivity contribution in [2.45, 2.75) is 39.8 Å². The molecule has 1 atom stereocenters. The lowest BCUT2D eigenvalue weighted by atomic mass is 10.0. The van der Waals surface area contributed by atoms with Crippen molar-refractivity contribution >= 4 is 5.97 Å². The summed E-state index contributed by atoms with van der Waals surface area (Å²) in [6.45, 7) is 6.74. The molecule has 1 unspecified atom stereocenters. The second-order valence-electron chi connectivity index (χ2n) is 4.54. The normalized spacial score (nSPS) is 12.8. The fourth-order valence-corrected chi connectivity index (χ4v) is 2.04. The number of likely N-dealkylation sites (N-methyl/N-ethyl adjacent to an activating group) is 1. The number of hydrogen-bond donors (Lipinski definition) is 1. The standard InChI is InChI=1S/C14H21NO2/c1-5-13(14(16)17)15(4)9-12-8-6-7-10(2)11(12)3/h6-8,13H,5,9H2,1-4H3,(H,16,17). The molecule has 1 N–H and O–H groups in total. The summed E-state index contributed by atoms with van der Waals surface area (Å²) < 4.78 is 0. The predicted molar refractivity (Wildman–Crippen MR) is 69.1 cm³/mol. The van der Waals surface area contributed by atoms with Gasteiger partial charge >= 0.3 is 5.97 Å². The molecule has 17 heavy (non-hydrogen) atoms. The Hall–Kier alpha value is -1.35. The van der Waals surface area contributed by atoms with Gasteiger partial charge in [-0.2, -0.15) is 0 Å². The van der Waals surface area contributed by atoms with Gasteiger partial charge in [0.2, 0.25) is 0 Å². The van der Waals surface area contributed by atoms with E-state index < -0.39 is 12.0 Å². The molecule has 0 radical (unpaired) electrons. The van der Waals surface area contributed by atoms with E-state index in [9.17, 15) is 4.79 Å². The Morgan fingerprint density at radius 1 is 1.41 bits per heavy atom. The number of aryl methyl sites for hydroxylation is 1. The molecule has 0 aromatic heterocycles. The summed E-state index contributed by atoms with van der Waals surface area (Å²) in [5.41, 5.74) is 3.70. The Labute approximate surface area is 103 Å². The van der Waals surface area contributed by atoms with Crippen molar-refractivity contribution in [3.63, 3.8) is 0 Å². The van der Waals surface area contributed by atoms with Gasteiger partial charge in [0.1, 0.15) is 6.04 Å². The lowest BCUT2D eigenvalue weighted by Crippen LogP contribution is -2.37. The van der Waals surface area contributed by atoms with Crippen LogP contribution in [0, 0.1) is 13.8 Å². The predicted octanol–water partition coefficient (Wildman–Crippen LogP) is 2.60. The molecule has 0 aliphatic heterocycles. The van der Waals surface area contributed by atoms with E-state index in [-0.39, 0.29) is 0 Å². The van der Waals surface area contributed by atoms with Gasteiger partial charge in [0, 0.05) is 6.54 Å². The fourth-order valence-electron chi connectivity index (χ4n) is 2.04. The van der Waals surface area contributed by atoms with Gasteiger partial charge in [0.15, 0.2) is 0 Å². The van der Waals surface area contributed by atoms with E-state index in [1.54, 1.807) is 0 Å². The zero-order chi connectivity index (χ0) is 13.0. The Kier molecular flexibility index (Phi) is 4.70. The highest BCUT2D eigenvalue weighted by molar-refractivity contribution is 5.73. The molecular formula is C14H21NO2. The summed E-state index contributed by atoms with van der Waals surface area (Å²) >= 11 is 0. The molecule has 1 rings (SSSR count). The zero-order valence-corrected chi connectivity index (χ0v) is 11.0. The topological polar surface area (TPSA) is 40.5 Å². The summed E-state index contributed by atoms with van der Waals surface area (Å²) in [6.07, 6.45) is 0.622. The molecule has 0 bridgehead atoms. The monoisotopic (exact) mass is 235 g/mol. The Morgan fingerprint density at radius 2 is 2.06 bits per heavy atom. The number of nitrogens with zero attached hydrogens (tertiary/aromatic N) is 1. The van der Waals surface area contributed by atoms with Crippen LogP contribution in [-0.2, 0) is 11.3 Å². The summed E-state index contributed by atoms with van der Waals surface area (Å²) in [7, 11) is 1.87. The number of carboxylic acid groups (broad SMARTS) is 1. The minimum absolute atomic E-state index is 0.407. The molecule has 0 heterocycles. The van der Waals surface area contributed by atoms with E-state index in [1.807, 2.05) is 24.9 Å². The maximum atomic E-state index is 11.1. The van der Waals surface area contributed by atoms with Crippen LogP contribution >= 0.6 is 0 Å². The number of hydrogen-bond acceptors (Lipinski definition) is 2. The number of rotatable bonds is 5. The van der Waals surface area contributed by atoms with E-state index in [1.165, 1.54) is 16.7 Å². The third kappa shape index (κ3) is 3.30. The molecule has 94 valence electrons. The molecule has 0 aliphatic rings. The molecule has 3 heteroatoms. The number of carbonyl (C=O) groups is 1. The van der Waals surface area contributed by atoms with Gasteiger partial charge in [0.25, 0.3) is 0 Å². The minimum Gasteiger partial charge on any atom is -0.480 e. The maximum Gasteiger partial charge on any atom is 0.320 e. The first-order valence-corrected chi connectivity index (χ1v) is 5.95. The molecule has 1 aromatic rings. The molecule has 0 saturated heterocycles. The highest BCUT2D eigenvalue weighted by Gasteiger charge is 2.20. The molecule has 1 aromatic carbocycles. The van der Waals surface area contributed by atoms with E-state index in [4.69, 9.17) is 5.11 Å². The van der Waals surface area contributed by atoms with Crippen LogP contribution in [-0.4, -0.2) is 29.1 Å². The van der Waals surface area contributed by atoms with Crippen molar-refractivity contribution in [3.05, 3.63) is 34.9 Å². The van der Waals surface area contributed by atoms with Crippen molar-refractivity contribution < 1.29 is 9.90 Å². The lowest BCUT2D eigenvalue weighted by molar-refractivity contribution is -0.143. The maximum absolute atomic E-state index is 11.1. The Bertz CT molecular complexity index is 401. The van der Waals surface area contributed by atoms with Crippen molar-refractivity contribution in [3.8, 4) is 0 Å². The first kappa shape index (κ1) is 13.7.